The molecule has 3 N–H and O–H groups in total. The van der Waals surface area contributed by atoms with E-state index in [0.717, 1.165) is 5.56 Å². The van der Waals surface area contributed by atoms with Crippen LogP contribution in [-0.2, 0) is 16.1 Å². The summed E-state index contributed by atoms with van der Waals surface area (Å²) in [5.74, 6) is -0.459. The number of carbonyl (C=O) groups excluding carboxylic acids is 2. The Kier molecular flexibility index (Phi) is 8.00. The summed E-state index contributed by atoms with van der Waals surface area (Å²) in [6.07, 6.45) is 0.816. The molecule has 0 aliphatic heterocycles. The van der Waals surface area contributed by atoms with Gasteiger partial charge in [0.2, 0.25) is 0 Å². The van der Waals surface area contributed by atoms with E-state index < -0.39 is 17.6 Å². The van der Waals surface area contributed by atoms with Crippen LogP contribution in [0.1, 0.15) is 26.3 Å². The summed E-state index contributed by atoms with van der Waals surface area (Å²) < 4.78 is 5.09. The van der Waals surface area contributed by atoms with Crippen molar-refractivity contribution in [2.24, 2.45) is 0 Å². The Labute approximate surface area is 148 Å². The zero-order chi connectivity index (χ0) is 18.7. The Hall–Kier alpha value is -3.01. The molecule has 0 atom stereocenters. The molecule has 0 bridgehead atoms. The quantitative estimate of drug-likeness (QED) is 0.398. The first kappa shape index (κ1) is 20.0. The van der Waals surface area contributed by atoms with Gasteiger partial charge in [-0.15, -0.1) is 0 Å². The maximum absolute atomic E-state index is 11.9. The second kappa shape index (κ2) is 9.98. The molecule has 0 unspecified atom stereocenters. The first-order valence-electron chi connectivity index (χ1n) is 7.94. The van der Waals surface area contributed by atoms with Crippen molar-refractivity contribution in [3.8, 4) is 6.07 Å². The van der Waals surface area contributed by atoms with E-state index >= 15 is 0 Å². The van der Waals surface area contributed by atoms with Crippen molar-refractivity contribution in [3.05, 3.63) is 47.7 Å². The van der Waals surface area contributed by atoms with Crippen LogP contribution < -0.4 is 16.0 Å². The summed E-state index contributed by atoms with van der Waals surface area (Å²) in [4.78, 5) is 23.4. The standard InChI is InChI=1S/C18H24N4O3/c1-18(2,3)25-17(24)21-10-9-20-13-15(11-19)16(23)22-12-14-7-5-4-6-8-14/h4-8,13,20H,9-10,12H2,1-3H3,(H,21,24)(H,22,23)/b15-13-. The molecule has 1 aromatic rings. The van der Waals surface area contributed by atoms with Gasteiger partial charge >= 0.3 is 6.09 Å². The molecule has 1 aromatic carbocycles. The summed E-state index contributed by atoms with van der Waals surface area (Å²) in [5, 5.41) is 17.1. The van der Waals surface area contributed by atoms with E-state index in [-0.39, 0.29) is 5.57 Å². The van der Waals surface area contributed by atoms with Gasteiger partial charge in [-0.1, -0.05) is 30.3 Å². The molecular formula is C18H24N4O3. The van der Waals surface area contributed by atoms with E-state index in [1.54, 1.807) is 20.8 Å². The fourth-order valence-electron chi connectivity index (χ4n) is 1.75. The van der Waals surface area contributed by atoms with Crippen molar-refractivity contribution in [1.29, 1.82) is 5.26 Å². The Morgan fingerprint density at radius 2 is 1.84 bits per heavy atom. The number of nitriles is 1. The average Bonchev–Trinajstić information content (AvgIpc) is 2.55. The number of amides is 2. The minimum Gasteiger partial charge on any atom is -0.444 e. The van der Waals surface area contributed by atoms with Crippen LogP contribution in [0.15, 0.2) is 42.1 Å². The molecule has 0 saturated carbocycles. The van der Waals surface area contributed by atoms with Gasteiger partial charge in [-0.3, -0.25) is 4.79 Å². The molecular weight excluding hydrogens is 320 g/mol. The highest BCUT2D eigenvalue weighted by Gasteiger charge is 2.15. The minimum absolute atomic E-state index is 0.0341. The lowest BCUT2D eigenvalue weighted by atomic mass is 10.2. The van der Waals surface area contributed by atoms with Crippen LogP contribution in [0, 0.1) is 11.3 Å². The van der Waals surface area contributed by atoms with Crippen molar-refractivity contribution in [1.82, 2.24) is 16.0 Å². The van der Waals surface area contributed by atoms with Crippen LogP contribution in [0.5, 0.6) is 0 Å². The molecule has 0 radical (unpaired) electrons. The van der Waals surface area contributed by atoms with E-state index in [2.05, 4.69) is 16.0 Å². The van der Waals surface area contributed by atoms with Gasteiger partial charge in [0.1, 0.15) is 17.2 Å². The summed E-state index contributed by atoms with van der Waals surface area (Å²) >= 11 is 0. The van der Waals surface area contributed by atoms with Crippen LogP contribution >= 0.6 is 0 Å². The second-order valence-electron chi connectivity index (χ2n) is 6.22. The molecule has 0 fully saturated rings. The molecule has 7 heteroatoms. The van der Waals surface area contributed by atoms with Gasteiger partial charge in [0, 0.05) is 25.8 Å². The third kappa shape index (κ3) is 9.01. The monoisotopic (exact) mass is 344 g/mol. The average molecular weight is 344 g/mol. The Bertz CT molecular complexity index is 643. The van der Waals surface area contributed by atoms with Crippen molar-refractivity contribution < 1.29 is 14.3 Å². The first-order valence-corrected chi connectivity index (χ1v) is 7.94. The highest BCUT2D eigenvalue weighted by Crippen LogP contribution is 2.06. The summed E-state index contributed by atoms with van der Waals surface area (Å²) in [6.45, 7) is 6.34. The fourth-order valence-corrected chi connectivity index (χ4v) is 1.75. The molecule has 0 saturated heterocycles. The summed E-state index contributed by atoms with van der Waals surface area (Å²) in [7, 11) is 0. The lowest BCUT2D eigenvalue weighted by Crippen LogP contribution is -2.35. The van der Waals surface area contributed by atoms with Crippen LogP contribution in [0.2, 0.25) is 0 Å². The third-order valence-corrected chi connectivity index (χ3v) is 2.84. The number of hydrogen-bond acceptors (Lipinski definition) is 5. The number of ether oxygens (including phenoxy) is 1. The predicted molar refractivity (Wildman–Crippen MR) is 94.2 cm³/mol. The number of carbonyl (C=O) groups is 2. The van der Waals surface area contributed by atoms with Gasteiger partial charge in [-0.25, -0.2) is 4.79 Å². The Balaban J connectivity index is 2.32. The highest BCUT2D eigenvalue weighted by atomic mass is 16.6. The Morgan fingerprint density at radius 1 is 1.16 bits per heavy atom. The van der Waals surface area contributed by atoms with Crippen molar-refractivity contribution in [2.75, 3.05) is 13.1 Å². The van der Waals surface area contributed by atoms with Crippen molar-refractivity contribution in [3.63, 3.8) is 0 Å². The fraction of sp³-hybridized carbons (Fsp3) is 0.389. The number of nitrogens with zero attached hydrogens (tertiary/aromatic N) is 1. The van der Waals surface area contributed by atoms with Gasteiger partial charge in [0.05, 0.1) is 0 Å². The van der Waals surface area contributed by atoms with Gasteiger partial charge in [0.25, 0.3) is 5.91 Å². The zero-order valence-corrected chi connectivity index (χ0v) is 14.8. The molecule has 0 spiro atoms. The minimum atomic E-state index is -0.553. The van der Waals surface area contributed by atoms with Crippen molar-refractivity contribution in [2.45, 2.75) is 32.9 Å². The first-order chi connectivity index (χ1) is 11.8. The number of alkyl carbamates (subject to hydrolysis) is 1. The molecule has 7 nitrogen and oxygen atoms in total. The molecule has 1 rings (SSSR count). The Morgan fingerprint density at radius 3 is 2.44 bits per heavy atom. The highest BCUT2D eigenvalue weighted by molar-refractivity contribution is 5.97. The third-order valence-electron chi connectivity index (χ3n) is 2.84. The molecule has 2 amide bonds. The van der Waals surface area contributed by atoms with E-state index in [1.807, 2.05) is 36.4 Å². The second-order valence-corrected chi connectivity index (χ2v) is 6.22. The molecule has 0 aliphatic rings. The predicted octanol–water partition coefficient (Wildman–Crippen LogP) is 1.82. The summed E-state index contributed by atoms with van der Waals surface area (Å²) in [5.41, 5.74) is 0.359. The maximum Gasteiger partial charge on any atom is 0.407 e. The van der Waals surface area contributed by atoms with Crippen LogP contribution in [0.3, 0.4) is 0 Å². The van der Waals surface area contributed by atoms with E-state index in [9.17, 15) is 9.59 Å². The molecule has 134 valence electrons. The number of nitrogens with one attached hydrogen (secondary N) is 3. The van der Waals surface area contributed by atoms with Crippen LogP contribution in [0.4, 0.5) is 4.79 Å². The largest absolute Gasteiger partial charge is 0.444 e. The lowest BCUT2D eigenvalue weighted by molar-refractivity contribution is -0.117. The molecule has 0 aromatic heterocycles. The van der Waals surface area contributed by atoms with Crippen LogP contribution in [-0.4, -0.2) is 30.7 Å². The smallest absolute Gasteiger partial charge is 0.407 e. The van der Waals surface area contributed by atoms with Gasteiger partial charge < -0.3 is 20.7 Å². The van der Waals surface area contributed by atoms with Crippen LogP contribution in [0.25, 0.3) is 0 Å². The lowest BCUT2D eigenvalue weighted by Gasteiger charge is -2.19. The van der Waals surface area contributed by atoms with Gasteiger partial charge in [-0.05, 0) is 26.3 Å². The molecule has 0 heterocycles. The SMILES string of the molecule is CC(C)(C)OC(=O)NCCN/C=C(/C#N)C(=O)NCc1ccccc1. The van der Waals surface area contributed by atoms with E-state index in [1.165, 1.54) is 6.20 Å². The van der Waals surface area contributed by atoms with E-state index in [4.69, 9.17) is 10.00 Å². The number of rotatable bonds is 7. The van der Waals surface area contributed by atoms with Gasteiger partial charge in [0.15, 0.2) is 0 Å². The van der Waals surface area contributed by atoms with Gasteiger partial charge in [-0.2, -0.15) is 5.26 Å². The van der Waals surface area contributed by atoms with E-state index in [0.29, 0.717) is 19.6 Å². The van der Waals surface area contributed by atoms with Crippen molar-refractivity contribution >= 4 is 12.0 Å². The normalized spacial score (nSPS) is 11.2. The zero-order valence-electron chi connectivity index (χ0n) is 14.8. The molecule has 25 heavy (non-hydrogen) atoms. The topological polar surface area (TPSA) is 103 Å². The number of benzene rings is 1. The maximum atomic E-state index is 11.9. The number of hydrogen-bond donors (Lipinski definition) is 3. The molecule has 0 aliphatic carbocycles. The summed E-state index contributed by atoms with van der Waals surface area (Å²) in [6, 6.07) is 11.3.